The summed E-state index contributed by atoms with van der Waals surface area (Å²) in [6.07, 6.45) is 0. The van der Waals surface area contributed by atoms with Crippen molar-refractivity contribution in [2.24, 2.45) is 0 Å². The Morgan fingerprint density at radius 2 is 1.59 bits per heavy atom. The van der Waals surface area contributed by atoms with Gasteiger partial charge in [0.2, 0.25) is 0 Å². The van der Waals surface area contributed by atoms with Crippen molar-refractivity contribution in [1.82, 2.24) is 0 Å². The van der Waals surface area contributed by atoms with E-state index in [2.05, 4.69) is 15.4 Å². The Bertz CT molecular complexity index is 911. The zero-order chi connectivity index (χ0) is 20.0. The third-order valence-electron chi connectivity index (χ3n) is 3.43. The largest absolute Gasteiger partial charge is 0.495 e. The van der Waals surface area contributed by atoms with Crippen molar-refractivity contribution in [3.05, 3.63) is 58.1 Å². The molecule has 0 atom stereocenters. The Labute approximate surface area is 153 Å². The van der Waals surface area contributed by atoms with Gasteiger partial charge < -0.3 is 20.1 Å². The molecule has 2 aromatic carbocycles. The molecule has 0 saturated carbocycles. The van der Waals surface area contributed by atoms with Crippen LogP contribution in [0.2, 0.25) is 0 Å². The summed E-state index contributed by atoms with van der Waals surface area (Å²) in [6.45, 7) is 0. The number of para-hydroxylation sites is 1. The number of amides is 2. The number of nitro groups is 1. The van der Waals surface area contributed by atoms with E-state index in [0.717, 1.165) is 6.07 Å². The summed E-state index contributed by atoms with van der Waals surface area (Å²) in [7, 11) is 2.49. The number of rotatable bonds is 5. The highest BCUT2D eigenvalue weighted by Gasteiger charge is 2.20. The molecule has 0 heterocycles. The van der Waals surface area contributed by atoms with Gasteiger partial charge in [-0.05, 0) is 18.2 Å². The molecule has 0 bridgehead atoms. The summed E-state index contributed by atoms with van der Waals surface area (Å²) in [5.41, 5.74) is -0.194. The summed E-state index contributed by atoms with van der Waals surface area (Å²) in [5, 5.41) is 15.4. The average molecular weight is 373 g/mol. The van der Waals surface area contributed by atoms with E-state index < -0.39 is 22.7 Å². The lowest BCUT2D eigenvalue weighted by atomic mass is 10.2. The molecule has 0 aliphatic carbocycles. The van der Waals surface area contributed by atoms with Crippen molar-refractivity contribution in [3.8, 4) is 5.75 Å². The van der Waals surface area contributed by atoms with Gasteiger partial charge in [-0.1, -0.05) is 12.1 Å². The molecule has 140 valence electrons. The van der Waals surface area contributed by atoms with Crippen LogP contribution in [0.5, 0.6) is 5.75 Å². The van der Waals surface area contributed by atoms with Crippen LogP contribution < -0.4 is 15.4 Å². The molecular formula is C17H15N3O7. The molecule has 27 heavy (non-hydrogen) atoms. The van der Waals surface area contributed by atoms with Gasteiger partial charge >= 0.3 is 17.8 Å². The van der Waals surface area contributed by atoms with Crippen LogP contribution in [0.15, 0.2) is 42.5 Å². The van der Waals surface area contributed by atoms with Crippen molar-refractivity contribution < 1.29 is 28.8 Å². The minimum absolute atomic E-state index is 0.0481. The highest BCUT2D eigenvalue weighted by Crippen LogP contribution is 2.28. The fourth-order valence-electron chi connectivity index (χ4n) is 2.15. The van der Waals surface area contributed by atoms with E-state index in [1.165, 1.54) is 38.5 Å². The maximum Gasteiger partial charge on any atom is 0.339 e. The Morgan fingerprint density at radius 1 is 0.963 bits per heavy atom. The zero-order valence-electron chi connectivity index (χ0n) is 14.3. The number of hydrogen-bond donors (Lipinski definition) is 2. The lowest BCUT2D eigenvalue weighted by molar-refractivity contribution is -0.384. The minimum atomic E-state index is -1.10. The number of methoxy groups -OCH3 is 2. The second-order valence-corrected chi connectivity index (χ2v) is 5.09. The number of carbonyl (C=O) groups excluding carboxylic acids is 3. The molecule has 0 radical (unpaired) electrons. The number of ether oxygens (including phenoxy) is 2. The Morgan fingerprint density at radius 3 is 2.19 bits per heavy atom. The maximum absolute atomic E-state index is 12.2. The zero-order valence-corrected chi connectivity index (χ0v) is 14.3. The highest BCUT2D eigenvalue weighted by molar-refractivity contribution is 6.44. The van der Waals surface area contributed by atoms with Gasteiger partial charge in [-0.3, -0.25) is 19.7 Å². The number of hydrogen-bond acceptors (Lipinski definition) is 7. The molecule has 10 nitrogen and oxygen atoms in total. The second kappa shape index (κ2) is 8.43. The van der Waals surface area contributed by atoms with Crippen LogP contribution in [0.3, 0.4) is 0 Å². The summed E-state index contributed by atoms with van der Waals surface area (Å²) in [5.74, 6) is -2.74. The van der Waals surface area contributed by atoms with E-state index in [-0.39, 0.29) is 28.4 Å². The number of nitrogens with one attached hydrogen (secondary N) is 2. The van der Waals surface area contributed by atoms with Gasteiger partial charge in [0.15, 0.2) is 0 Å². The molecule has 0 aliphatic heterocycles. The third-order valence-corrected chi connectivity index (χ3v) is 3.43. The smallest absolute Gasteiger partial charge is 0.339 e. The van der Waals surface area contributed by atoms with Crippen molar-refractivity contribution in [1.29, 1.82) is 0 Å². The van der Waals surface area contributed by atoms with Crippen molar-refractivity contribution in [2.45, 2.75) is 0 Å². The number of nitrogens with zero attached hydrogens (tertiary/aromatic N) is 1. The maximum atomic E-state index is 12.2. The number of esters is 1. The van der Waals surface area contributed by atoms with Crippen LogP contribution in [-0.4, -0.2) is 36.9 Å². The molecule has 10 heteroatoms. The van der Waals surface area contributed by atoms with Crippen LogP contribution in [0.4, 0.5) is 17.1 Å². The SMILES string of the molecule is COC(=O)c1ccccc1NC(=O)C(=O)Nc1cc([N+](=O)[O-])ccc1OC. The topological polar surface area (TPSA) is 137 Å². The predicted octanol–water partition coefficient (Wildman–Crippen LogP) is 1.97. The number of carbonyl (C=O) groups is 3. The molecule has 2 rings (SSSR count). The van der Waals surface area contributed by atoms with E-state index in [1.807, 2.05) is 0 Å². The number of anilines is 2. The molecule has 2 amide bonds. The predicted molar refractivity (Wildman–Crippen MR) is 94.7 cm³/mol. The quantitative estimate of drug-likeness (QED) is 0.354. The average Bonchev–Trinajstić information content (AvgIpc) is 2.67. The van der Waals surface area contributed by atoms with E-state index in [4.69, 9.17) is 4.74 Å². The Balaban J connectivity index is 2.20. The molecule has 0 fully saturated rings. The normalized spacial score (nSPS) is 9.85. The van der Waals surface area contributed by atoms with Crippen molar-refractivity contribution >= 4 is 34.8 Å². The van der Waals surface area contributed by atoms with E-state index in [0.29, 0.717) is 0 Å². The van der Waals surface area contributed by atoms with Crippen LogP contribution in [-0.2, 0) is 14.3 Å². The van der Waals surface area contributed by atoms with Gasteiger partial charge in [-0.25, -0.2) is 4.79 Å². The molecule has 0 aliphatic rings. The van der Waals surface area contributed by atoms with Gasteiger partial charge in [0.1, 0.15) is 5.75 Å². The molecule has 0 unspecified atom stereocenters. The van der Waals surface area contributed by atoms with Crippen LogP contribution in [0, 0.1) is 10.1 Å². The Hall–Kier alpha value is -3.95. The second-order valence-electron chi connectivity index (χ2n) is 5.09. The number of benzene rings is 2. The molecule has 0 spiro atoms. The lowest BCUT2D eigenvalue weighted by Gasteiger charge is -2.11. The van der Waals surface area contributed by atoms with E-state index in [1.54, 1.807) is 12.1 Å². The minimum Gasteiger partial charge on any atom is -0.495 e. The molecule has 0 aromatic heterocycles. The summed E-state index contributed by atoms with van der Waals surface area (Å²) < 4.78 is 9.62. The van der Waals surface area contributed by atoms with Gasteiger partial charge in [0, 0.05) is 12.1 Å². The molecule has 0 saturated heterocycles. The van der Waals surface area contributed by atoms with Gasteiger partial charge in [-0.2, -0.15) is 0 Å². The first-order valence-electron chi connectivity index (χ1n) is 7.49. The van der Waals surface area contributed by atoms with E-state index in [9.17, 15) is 24.5 Å². The number of nitro benzene ring substituents is 1. The van der Waals surface area contributed by atoms with Crippen LogP contribution in [0.1, 0.15) is 10.4 Å². The number of non-ortho nitro benzene ring substituents is 1. The summed E-state index contributed by atoms with van der Waals surface area (Å²) in [4.78, 5) is 46.2. The van der Waals surface area contributed by atoms with Crippen LogP contribution >= 0.6 is 0 Å². The summed E-state index contributed by atoms with van der Waals surface area (Å²) >= 11 is 0. The van der Waals surface area contributed by atoms with E-state index >= 15 is 0 Å². The first kappa shape index (κ1) is 19.4. The first-order valence-corrected chi connectivity index (χ1v) is 7.49. The van der Waals surface area contributed by atoms with Crippen molar-refractivity contribution in [2.75, 3.05) is 24.9 Å². The van der Waals surface area contributed by atoms with Gasteiger partial charge in [0.25, 0.3) is 5.69 Å². The lowest BCUT2D eigenvalue weighted by Crippen LogP contribution is -2.30. The van der Waals surface area contributed by atoms with Crippen molar-refractivity contribution in [3.63, 3.8) is 0 Å². The standard InChI is InChI=1S/C17H15N3O7/c1-26-14-8-7-10(20(24)25)9-13(14)19-16(22)15(21)18-12-6-4-3-5-11(12)17(23)27-2/h3-9H,1-2H3,(H,18,21)(H,19,22). The Kier molecular flexibility index (Phi) is 6.05. The van der Waals surface area contributed by atoms with Crippen LogP contribution in [0.25, 0.3) is 0 Å². The fourth-order valence-corrected chi connectivity index (χ4v) is 2.15. The summed E-state index contributed by atoms with van der Waals surface area (Å²) in [6, 6.07) is 9.51. The molecule has 2 aromatic rings. The van der Waals surface area contributed by atoms with Gasteiger partial charge in [-0.15, -0.1) is 0 Å². The fraction of sp³-hybridized carbons (Fsp3) is 0.118. The highest BCUT2D eigenvalue weighted by atomic mass is 16.6. The molecular weight excluding hydrogens is 358 g/mol. The third kappa shape index (κ3) is 4.57. The monoisotopic (exact) mass is 373 g/mol. The van der Waals surface area contributed by atoms with Gasteiger partial charge in [0.05, 0.1) is 36.1 Å². The molecule has 2 N–H and O–H groups in total. The first-order chi connectivity index (χ1) is 12.9.